The Balaban J connectivity index is 2.39. The Labute approximate surface area is 127 Å². The molecule has 21 heavy (non-hydrogen) atoms. The third-order valence-electron chi connectivity index (χ3n) is 2.88. The van der Waals surface area contributed by atoms with Gasteiger partial charge < -0.3 is 5.11 Å². The summed E-state index contributed by atoms with van der Waals surface area (Å²) in [5.41, 5.74) is 1.61. The van der Waals surface area contributed by atoms with Crippen LogP contribution in [0.1, 0.15) is 11.1 Å². The van der Waals surface area contributed by atoms with Crippen LogP contribution in [0.4, 0.5) is 10.1 Å². The minimum Gasteiger partial charge on any atom is -0.392 e. The molecule has 0 heterocycles. The van der Waals surface area contributed by atoms with Gasteiger partial charge in [0.05, 0.1) is 22.2 Å². The molecule has 7 heteroatoms. The third-order valence-corrected chi connectivity index (χ3v) is 4.53. The zero-order valence-electron chi connectivity index (χ0n) is 11.1. The van der Waals surface area contributed by atoms with E-state index in [-0.39, 0.29) is 22.2 Å². The van der Waals surface area contributed by atoms with Crippen molar-refractivity contribution in [2.24, 2.45) is 0 Å². The summed E-state index contributed by atoms with van der Waals surface area (Å²) in [7, 11) is -3.91. The van der Waals surface area contributed by atoms with Crippen LogP contribution >= 0.6 is 11.6 Å². The molecule has 0 amide bonds. The van der Waals surface area contributed by atoms with E-state index in [1.165, 1.54) is 0 Å². The van der Waals surface area contributed by atoms with Gasteiger partial charge in [0.25, 0.3) is 10.0 Å². The summed E-state index contributed by atoms with van der Waals surface area (Å²) in [5.74, 6) is -0.693. The number of halogens is 2. The lowest BCUT2D eigenvalue weighted by Crippen LogP contribution is -2.14. The Morgan fingerprint density at radius 2 is 1.95 bits per heavy atom. The highest BCUT2D eigenvalue weighted by molar-refractivity contribution is 7.92. The van der Waals surface area contributed by atoms with Crippen LogP contribution in [0.2, 0.25) is 5.02 Å². The monoisotopic (exact) mass is 329 g/mol. The first-order chi connectivity index (χ1) is 9.83. The average molecular weight is 330 g/mol. The molecular formula is C14H13ClFNO3S. The molecule has 0 saturated carbocycles. The Hall–Kier alpha value is -1.63. The second-order valence-electron chi connectivity index (χ2n) is 4.50. The Morgan fingerprint density at radius 1 is 1.24 bits per heavy atom. The van der Waals surface area contributed by atoms with E-state index in [4.69, 9.17) is 11.6 Å². The molecule has 2 aromatic carbocycles. The van der Waals surface area contributed by atoms with Crippen molar-refractivity contribution in [1.29, 1.82) is 0 Å². The normalized spacial score (nSPS) is 11.4. The highest BCUT2D eigenvalue weighted by Crippen LogP contribution is 2.24. The fourth-order valence-electron chi connectivity index (χ4n) is 1.80. The van der Waals surface area contributed by atoms with E-state index in [0.29, 0.717) is 5.56 Å². The molecular weight excluding hydrogens is 317 g/mol. The van der Waals surface area contributed by atoms with E-state index in [1.807, 2.05) is 6.92 Å². The van der Waals surface area contributed by atoms with Gasteiger partial charge in [-0.3, -0.25) is 4.72 Å². The molecule has 0 spiro atoms. The highest BCUT2D eigenvalue weighted by Gasteiger charge is 2.17. The molecule has 0 radical (unpaired) electrons. The van der Waals surface area contributed by atoms with Crippen LogP contribution in [0.25, 0.3) is 0 Å². The standard InChI is InChI=1S/C14H13ClFNO3S/c1-9-2-5-14(10(6-9)8-18)17-21(19,20)11-3-4-13(16)12(15)7-11/h2-7,17-18H,8H2,1H3. The lowest BCUT2D eigenvalue weighted by molar-refractivity contribution is 0.282. The molecule has 0 aliphatic rings. The number of hydrogen-bond acceptors (Lipinski definition) is 3. The molecule has 2 N–H and O–H groups in total. The van der Waals surface area contributed by atoms with Gasteiger partial charge in [-0.05, 0) is 31.2 Å². The number of aliphatic hydroxyl groups is 1. The number of aryl methyl sites for hydroxylation is 1. The molecule has 112 valence electrons. The molecule has 0 fully saturated rings. The van der Waals surface area contributed by atoms with Crippen molar-refractivity contribution in [3.8, 4) is 0 Å². The quantitative estimate of drug-likeness (QED) is 0.906. The number of nitrogens with one attached hydrogen (secondary N) is 1. The zero-order chi connectivity index (χ0) is 15.6. The van der Waals surface area contributed by atoms with E-state index >= 15 is 0 Å². The minimum atomic E-state index is -3.91. The zero-order valence-corrected chi connectivity index (χ0v) is 12.7. The molecule has 2 aromatic rings. The number of rotatable bonds is 4. The number of benzene rings is 2. The Morgan fingerprint density at radius 3 is 2.57 bits per heavy atom. The number of anilines is 1. The van der Waals surface area contributed by atoms with E-state index in [2.05, 4.69) is 4.72 Å². The molecule has 0 atom stereocenters. The molecule has 0 unspecified atom stereocenters. The summed E-state index contributed by atoms with van der Waals surface area (Å²) in [4.78, 5) is -0.154. The smallest absolute Gasteiger partial charge is 0.261 e. The van der Waals surface area contributed by atoms with Crippen LogP contribution in [0.15, 0.2) is 41.3 Å². The van der Waals surface area contributed by atoms with Gasteiger partial charge in [-0.2, -0.15) is 0 Å². The van der Waals surface area contributed by atoms with E-state index in [9.17, 15) is 17.9 Å². The fourth-order valence-corrected chi connectivity index (χ4v) is 3.17. The minimum absolute atomic E-state index is 0.154. The summed E-state index contributed by atoms with van der Waals surface area (Å²) < 4.78 is 39.9. The van der Waals surface area contributed by atoms with Crippen LogP contribution in [0, 0.1) is 12.7 Å². The maximum Gasteiger partial charge on any atom is 0.261 e. The van der Waals surface area contributed by atoms with Crippen molar-refractivity contribution in [2.45, 2.75) is 18.4 Å². The van der Waals surface area contributed by atoms with Crippen molar-refractivity contribution in [3.05, 3.63) is 58.4 Å². The second kappa shape index (κ2) is 6.01. The molecule has 0 aliphatic carbocycles. The van der Waals surface area contributed by atoms with Gasteiger partial charge in [0.15, 0.2) is 0 Å². The predicted molar refractivity (Wildman–Crippen MR) is 79.3 cm³/mol. The maximum absolute atomic E-state index is 13.1. The van der Waals surface area contributed by atoms with E-state index in [0.717, 1.165) is 23.8 Å². The predicted octanol–water partition coefficient (Wildman–Crippen LogP) is 3.08. The summed E-state index contributed by atoms with van der Waals surface area (Å²) in [6.07, 6.45) is 0. The first kappa shape index (κ1) is 15.8. The number of hydrogen-bond donors (Lipinski definition) is 2. The van der Waals surface area contributed by atoms with E-state index < -0.39 is 15.8 Å². The van der Waals surface area contributed by atoms with Gasteiger partial charge >= 0.3 is 0 Å². The fraction of sp³-hybridized carbons (Fsp3) is 0.143. The second-order valence-corrected chi connectivity index (χ2v) is 6.59. The largest absolute Gasteiger partial charge is 0.392 e. The van der Waals surface area contributed by atoms with Crippen LogP contribution in [0.3, 0.4) is 0 Å². The summed E-state index contributed by atoms with van der Waals surface area (Å²) in [6.45, 7) is 1.53. The van der Waals surface area contributed by atoms with Crippen molar-refractivity contribution >= 4 is 27.3 Å². The summed E-state index contributed by atoms with van der Waals surface area (Å²) in [6, 6.07) is 8.09. The van der Waals surface area contributed by atoms with Crippen LogP contribution in [-0.2, 0) is 16.6 Å². The SMILES string of the molecule is Cc1ccc(NS(=O)(=O)c2ccc(F)c(Cl)c2)c(CO)c1. The molecule has 0 aliphatic heterocycles. The van der Waals surface area contributed by atoms with Gasteiger partial charge in [0, 0.05) is 5.56 Å². The van der Waals surface area contributed by atoms with Gasteiger partial charge in [-0.15, -0.1) is 0 Å². The van der Waals surface area contributed by atoms with Crippen LogP contribution in [-0.4, -0.2) is 13.5 Å². The Kier molecular flexibility index (Phi) is 4.51. The van der Waals surface area contributed by atoms with Gasteiger partial charge in [-0.25, -0.2) is 12.8 Å². The Bertz CT molecular complexity index is 778. The molecule has 2 rings (SSSR count). The molecule has 0 aromatic heterocycles. The average Bonchev–Trinajstić information content (AvgIpc) is 2.43. The van der Waals surface area contributed by atoms with Crippen molar-refractivity contribution in [1.82, 2.24) is 0 Å². The van der Waals surface area contributed by atoms with Crippen molar-refractivity contribution in [2.75, 3.05) is 4.72 Å². The van der Waals surface area contributed by atoms with Crippen molar-refractivity contribution in [3.63, 3.8) is 0 Å². The first-order valence-electron chi connectivity index (χ1n) is 6.02. The highest BCUT2D eigenvalue weighted by atomic mass is 35.5. The maximum atomic E-state index is 13.1. The number of sulfonamides is 1. The van der Waals surface area contributed by atoms with Crippen molar-refractivity contribution < 1.29 is 17.9 Å². The molecule has 0 saturated heterocycles. The van der Waals surface area contributed by atoms with Crippen LogP contribution in [0.5, 0.6) is 0 Å². The van der Waals surface area contributed by atoms with Crippen LogP contribution < -0.4 is 4.72 Å². The topological polar surface area (TPSA) is 66.4 Å². The lowest BCUT2D eigenvalue weighted by atomic mass is 10.1. The number of aliphatic hydroxyl groups excluding tert-OH is 1. The van der Waals surface area contributed by atoms with Gasteiger partial charge in [0.2, 0.25) is 0 Å². The summed E-state index contributed by atoms with van der Waals surface area (Å²) >= 11 is 5.59. The molecule has 4 nitrogen and oxygen atoms in total. The summed E-state index contributed by atoms with van der Waals surface area (Å²) in [5, 5.41) is 9.01. The molecule has 0 bridgehead atoms. The lowest BCUT2D eigenvalue weighted by Gasteiger charge is -2.12. The van der Waals surface area contributed by atoms with E-state index in [1.54, 1.807) is 18.2 Å². The van der Waals surface area contributed by atoms with Gasteiger partial charge in [0.1, 0.15) is 5.82 Å². The third kappa shape index (κ3) is 3.53. The van der Waals surface area contributed by atoms with Gasteiger partial charge in [-0.1, -0.05) is 29.3 Å². The first-order valence-corrected chi connectivity index (χ1v) is 7.88.